The van der Waals surface area contributed by atoms with Crippen LogP contribution in [0.3, 0.4) is 0 Å². The Balaban J connectivity index is 2.28. The van der Waals surface area contributed by atoms with Crippen molar-refractivity contribution >= 4 is 23.3 Å². The maximum absolute atomic E-state index is 12.1. The van der Waals surface area contributed by atoms with Crippen LogP contribution in [0.4, 0.5) is 11.4 Å². The SMILES string of the molecule is COC(=O)C(C)(C)CN1C(=O)Cc2cc(N)ccc21. The van der Waals surface area contributed by atoms with Crippen LogP contribution in [0.15, 0.2) is 18.2 Å². The molecule has 0 saturated heterocycles. The lowest BCUT2D eigenvalue weighted by Crippen LogP contribution is -2.41. The van der Waals surface area contributed by atoms with Crippen molar-refractivity contribution in [3.8, 4) is 0 Å². The zero-order valence-corrected chi connectivity index (χ0v) is 11.4. The van der Waals surface area contributed by atoms with Gasteiger partial charge in [0.15, 0.2) is 0 Å². The smallest absolute Gasteiger partial charge is 0.313 e. The van der Waals surface area contributed by atoms with Crippen LogP contribution in [-0.2, 0) is 20.7 Å². The van der Waals surface area contributed by atoms with Gasteiger partial charge in [-0.1, -0.05) is 0 Å². The number of ether oxygens (including phenoxy) is 1. The first-order valence-corrected chi connectivity index (χ1v) is 6.12. The van der Waals surface area contributed by atoms with Crippen molar-refractivity contribution in [3.63, 3.8) is 0 Å². The molecule has 2 rings (SSSR count). The highest BCUT2D eigenvalue weighted by molar-refractivity contribution is 6.02. The molecule has 1 amide bonds. The molecule has 0 spiro atoms. The molecule has 5 nitrogen and oxygen atoms in total. The molecule has 0 saturated carbocycles. The molecule has 0 aliphatic carbocycles. The van der Waals surface area contributed by atoms with Crippen molar-refractivity contribution in [2.24, 2.45) is 5.41 Å². The molecule has 19 heavy (non-hydrogen) atoms. The standard InChI is InChI=1S/C14H18N2O3/c1-14(2,13(18)19-3)8-16-11-5-4-10(15)6-9(11)7-12(16)17/h4-6H,7-8,15H2,1-3H3. The number of nitrogen functional groups attached to an aromatic ring is 1. The quantitative estimate of drug-likeness (QED) is 0.659. The number of esters is 1. The van der Waals surface area contributed by atoms with Crippen LogP contribution in [0.1, 0.15) is 19.4 Å². The molecule has 0 radical (unpaired) electrons. The van der Waals surface area contributed by atoms with Gasteiger partial charge in [0, 0.05) is 17.9 Å². The van der Waals surface area contributed by atoms with Crippen LogP contribution >= 0.6 is 0 Å². The van der Waals surface area contributed by atoms with Crippen LogP contribution < -0.4 is 10.6 Å². The van der Waals surface area contributed by atoms with Crippen molar-refractivity contribution in [1.82, 2.24) is 0 Å². The van der Waals surface area contributed by atoms with Gasteiger partial charge >= 0.3 is 5.97 Å². The number of methoxy groups -OCH3 is 1. The fourth-order valence-corrected chi connectivity index (χ4v) is 2.31. The average Bonchev–Trinajstić information content (AvgIpc) is 2.63. The number of carbonyl (C=O) groups is 2. The number of rotatable bonds is 3. The average molecular weight is 262 g/mol. The third-order valence-electron chi connectivity index (χ3n) is 3.33. The van der Waals surface area contributed by atoms with Gasteiger partial charge in [-0.05, 0) is 37.6 Å². The third-order valence-corrected chi connectivity index (χ3v) is 3.33. The third kappa shape index (κ3) is 2.41. The number of anilines is 2. The molecular formula is C14H18N2O3. The Labute approximate surface area is 112 Å². The van der Waals surface area contributed by atoms with E-state index in [2.05, 4.69) is 0 Å². The fourth-order valence-electron chi connectivity index (χ4n) is 2.31. The molecule has 1 aromatic rings. The molecule has 0 bridgehead atoms. The first-order chi connectivity index (χ1) is 8.85. The minimum atomic E-state index is -0.743. The van der Waals surface area contributed by atoms with E-state index in [1.807, 2.05) is 6.07 Å². The first-order valence-electron chi connectivity index (χ1n) is 6.12. The van der Waals surface area contributed by atoms with Crippen molar-refractivity contribution < 1.29 is 14.3 Å². The van der Waals surface area contributed by atoms with E-state index in [-0.39, 0.29) is 11.9 Å². The van der Waals surface area contributed by atoms with E-state index < -0.39 is 5.41 Å². The van der Waals surface area contributed by atoms with Gasteiger partial charge in [-0.25, -0.2) is 0 Å². The van der Waals surface area contributed by atoms with Crippen LogP contribution in [0.5, 0.6) is 0 Å². The summed E-state index contributed by atoms with van der Waals surface area (Å²) < 4.78 is 4.77. The molecule has 0 fully saturated rings. The zero-order valence-electron chi connectivity index (χ0n) is 11.4. The maximum atomic E-state index is 12.1. The van der Waals surface area contributed by atoms with E-state index in [0.717, 1.165) is 11.3 Å². The number of fused-ring (bicyclic) bond motifs is 1. The largest absolute Gasteiger partial charge is 0.469 e. The van der Waals surface area contributed by atoms with Gasteiger partial charge < -0.3 is 15.4 Å². The summed E-state index contributed by atoms with van der Waals surface area (Å²) in [6, 6.07) is 5.39. The summed E-state index contributed by atoms with van der Waals surface area (Å²) in [5, 5.41) is 0. The molecule has 1 aliphatic heterocycles. The highest BCUT2D eigenvalue weighted by Crippen LogP contribution is 2.33. The lowest BCUT2D eigenvalue weighted by molar-refractivity contribution is -0.150. The number of carbonyl (C=O) groups excluding carboxylic acids is 2. The molecule has 0 aromatic heterocycles. The van der Waals surface area contributed by atoms with E-state index >= 15 is 0 Å². The van der Waals surface area contributed by atoms with E-state index in [1.54, 1.807) is 30.9 Å². The fraction of sp³-hybridized carbons (Fsp3) is 0.429. The second-order valence-electron chi connectivity index (χ2n) is 5.42. The lowest BCUT2D eigenvalue weighted by atomic mass is 9.93. The normalized spacial score (nSPS) is 14.5. The summed E-state index contributed by atoms with van der Waals surface area (Å²) >= 11 is 0. The Hall–Kier alpha value is -2.04. The summed E-state index contributed by atoms with van der Waals surface area (Å²) in [5.41, 5.74) is 7.35. The summed E-state index contributed by atoms with van der Waals surface area (Å²) in [5.74, 6) is -0.346. The van der Waals surface area contributed by atoms with Crippen molar-refractivity contribution in [1.29, 1.82) is 0 Å². The summed E-state index contributed by atoms with van der Waals surface area (Å²) in [6.07, 6.45) is 0.331. The number of amides is 1. The number of hydrogen-bond acceptors (Lipinski definition) is 4. The predicted molar refractivity (Wildman–Crippen MR) is 72.7 cm³/mol. The minimum Gasteiger partial charge on any atom is -0.469 e. The molecule has 5 heteroatoms. The number of hydrogen-bond donors (Lipinski definition) is 1. The predicted octanol–water partition coefficient (Wildman–Crippen LogP) is 1.36. The lowest BCUT2D eigenvalue weighted by Gasteiger charge is -2.28. The number of nitrogens with zero attached hydrogens (tertiary/aromatic N) is 1. The van der Waals surface area contributed by atoms with Crippen LogP contribution in [0.25, 0.3) is 0 Å². The summed E-state index contributed by atoms with van der Waals surface area (Å²) in [6.45, 7) is 3.83. The first kappa shape index (κ1) is 13.4. The van der Waals surface area contributed by atoms with Gasteiger partial charge in [-0.2, -0.15) is 0 Å². The maximum Gasteiger partial charge on any atom is 0.313 e. The molecule has 2 N–H and O–H groups in total. The Bertz CT molecular complexity index is 537. The van der Waals surface area contributed by atoms with E-state index in [9.17, 15) is 9.59 Å². The number of nitrogens with two attached hydrogens (primary N) is 1. The molecule has 0 atom stereocenters. The Kier molecular flexibility index (Phi) is 3.22. The Morgan fingerprint density at radius 3 is 2.79 bits per heavy atom. The van der Waals surface area contributed by atoms with Gasteiger partial charge in [0.1, 0.15) is 0 Å². The van der Waals surface area contributed by atoms with Crippen LogP contribution in [0, 0.1) is 5.41 Å². The van der Waals surface area contributed by atoms with Crippen molar-refractivity contribution in [2.75, 3.05) is 24.3 Å². The molecule has 0 unspecified atom stereocenters. The molecule has 1 heterocycles. The molecule has 102 valence electrons. The van der Waals surface area contributed by atoms with Gasteiger partial charge in [-0.15, -0.1) is 0 Å². The van der Waals surface area contributed by atoms with Gasteiger partial charge in [-0.3, -0.25) is 9.59 Å². The second-order valence-corrected chi connectivity index (χ2v) is 5.42. The summed E-state index contributed by atoms with van der Waals surface area (Å²) in [7, 11) is 1.35. The Morgan fingerprint density at radius 1 is 1.47 bits per heavy atom. The van der Waals surface area contributed by atoms with Crippen molar-refractivity contribution in [2.45, 2.75) is 20.3 Å². The van der Waals surface area contributed by atoms with E-state index in [0.29, 0.717) is 18.7 Å². The molecule has 1 aliphatic rings. The zero-order chi connectivity index (χ0) is 14.2. The van der Waals surface area contributed by atoms with Crippen LogP contribution in [-0.4, -0.2) is 25.5 Å². The molecular weight excluding hydrogens is 244 g/mol. The molecule has 1 aromatic carbocycles. The highest BCUT2D eigenvalue weighted by Gasteiger charge is 2.36. The number of benzene rings is 1. The monoisotopic (exact) mass is 262 g/mol. The van der Waals surface area contributed by atoms with E-state index in [1.165, 1.54) is 7.11 Å². The topological polar surface area (TPSA) is 72.6 Å². The minimum absolute atomic E-state index is 0.0161. The van der Waals surface area contributed by atoms with E-state index in [4.69, 9.17) is 10.5 Å². The van der Waals surface area contributed by atoms with Crippen molar-refractivity contribution in [3.05, 3.63) is 23.8 Å². The van der Waals surface area contributed by atoms with Gasteiger partial charge in [0.25, 0.3) is 0 Å². The Morgan fingerprint density at radius 2 is 2.16 bits per heavy atom. The highest BCUT2D eigenvalue weighted by atomic mass is 16.5. The second kappa shape index (κ2) is 4.57. The van der Waals surface area contributed by atoms with Gasteiger partial charge in [0.2, 0.25) is 5.91 Å². The summed E-state index contributed by atoms with van der Waals surface area (Å²) in [4.78, 5) is 25.4. The van der Waals surface area contributed by atoms with Crippen LogP contribution in [0.2, 0.25) is 0 Å². The van der Waals surface area contributed by atoms with Gasteiger partial charge in [0.05, 0.1) is 18.9 Å².